The minimum absolute atomic E-state index is 0.114. The largest absolute Gasteiger partial charge is 0.329 e. The zero-order valence-corrected chi connectivity index (χ0v) is 10.3. The van der Waals surface area contributed by atoms with Crippen LogP contribution in [0, 0.1) is 0 Å². The third-order valence-electron chi connectivity index (χ3n) is 2.42. The van der Waals surface area contributed by atoms with E-state index in [-0.39, 0.29) is 18.5 Å². The van der Waals surface area contributed by atoms with Crippen LogP contribution in [-0.2, 0) is 4.79 Å². The van der Waals surface area contributed by atoms with Gasteiger partial charge in [-0.2, -0.15) is 0 Å². The summed E-state index contributed by atoms with van der Waals surface area (Å²) in [7, 11) is 0. The average molecular weight is 264 g/mol. The van der Waals surface area contributed by atoms with Gasteiger partial charge in [-0.3, -0.25) is 15.0 Å². The number of nitrogens with one attached hydrogen (secondary N) is 1. The molecule has 17 heavy (non-hydrogen) atoms. The second-order valence-corrected chi connectivity index (χ2v) is 5.56. The SMILES string of the molecule is O=C1CN(c2ccc(-c3cccs3)s2)C(=O)N1. The molecule has 0 aromatic carbocycles. The first-order valence-corrected chi connectivity index (χ1v) is 6.69. The summed E-state index contributed by atoms with van der Waals surface area (Å²) in [5, 5.41) is 5.08. The zero-order chi connectivity index (χ0) is 11.8. The fourth-order valence-corrected chi connectivity index (χ4v) is 3.48. The van der Waals surface area contributed by atoms with E-state index in [1.807, 2.05) is 29.6 Å². The summed E-state index contributed by atoms with van der Waals surface area (Å²) in [6, 6.07) is 7.54. The molecule has 0 radical (unpaired) electrons. The topological polar surface area (TPSA) is 49.4 Å². The summed E-state index contributed by atoms with van der Waals surface area (Å²) in [6.07, 6.45) is 0. The molecule has 6 heteroatoms. The van der Waals surface area contributed by atoms with Gasteiger partial charge >= 0.3 is 6.03 Å². The fraction of sp³-hybridized carbons (Fsp3) is 0.0909. The number of rotatable bonds is 2. The van der Waals surface area contributed by atoms with Crippen molar-refractivity contribution in [3.05, 3.63) is 29.6 Å². The highest BCUT2D eigenvalue weighted by Gasteiger charge is 2.28. The molecule has 2 aromatic heterocycles. The van der Waals surface area contributed by atoms with Crippen LogP contribution in [0.5, 0.6) is 0 Å². The monoisotopic (exact) mass is 264 g/mol. The minimum atomic E-state index is -0.338. The molecule has 3 heterocycles. The van der Waals surface area contributed by atoms with Gasteiger partial charge in [-0.1, -0.05) is 6.07 Å². The molecule has 0 atom stereocenters. The highest BCUT2D eigenvalue weighted by Crippen LogP contribution is 2.36. The molecule has 1 fully saturated rings. The van der Waals surface area contributed by atoms with Gasteiger partial charge in [0.2, 0.25) is 5.91 Å². The lowest BCUT2D eigenvalue weighted by Crippen LogP contribution is -2.27. The Hall–Kier alpha value is -1.66. The van der Waals surface area contributed by atoms with E-state index in [2.05, 4.69) is 5.32 Å². The van der Waals surface area contributed by atoms with Crippen LogP contribution in [0.2, 0.25) is 0 Å². The molecular weight excluding hydrogens is 256 g/mol. The van der Waals surface area contributed by atoms with Crippen LogP contribution in [0.3, 0.4) is 0 Å². The van der Waals surface area contributed by atoms with E-state index >= 15 is 0 Å². The summed E-state index contributed by atoms with van der Waals surface area (Å²) < 4.78 is 0. The Labute approximate surface area is 105 Å². The highest BCUT2D eigenvalue weighted by atomic mass is 32.1. The van der Waals surface area contributed by atoms with Crippen LogP contribution in [-0.4, -0.2) is 18.5 Å². The number of nitrogens with zero attached hydrogens (tertiary/aromatic N) is 1. The van der Waals surface area contributed by atoms with Crippen molar-refractivity contribution in [1.29, 1.82) is 0 Å². The Morgan fingerprint density at radius 2 is 2.06 bits per heavy atom. The smallest absolute Gasteiger partial charge is 0.276 e. The van der Waals surface area contributed by atoms with E-state index in [1.54, 1.807) is 11.3 Å². The summed E-state index contributed by atoms with van der Waals surface area (Å²) in [6.45, 7) is 0.114. The number of hydrogen-bond donors (Lipinski definition) is 1. The van der Waals surface area contributed by atoms with E-state index in [4.69, 9.17) is 0 Å². The van der Waals surface area contributed by atoms with Crippen molar-refractivity contribution < 1.29 is 9.59 Å². The van der Waals surface area contributed by atoms with Crippen molar-refractivity contribution in [2.24, 2.45) is 0 Å². The van der Waals surface area contributed by atoms with Gasteiger partial charge < -0.3 is 0 Å². The molecule has 0 saturated carbocycles. The van der Waals surface area contributed by atoms with Gasteiger partial charge in [-0.25, -0.2) is 4.79 Å². The number of carbonyl (C=O) groups is 2. The van der Waals surface area contributed by atoms with Crippen LogP contribution in [0.4, 0.5) is 9.80 Å². The number of hydrogen-bond acceptors (Lipinski definition) is 4. The average Bonchev–Trinajstić information content (AvgIpc) is 2.97. The van der Waals surface area contributed by atoms with Crippen LogP contribution < -0.4 is 10.2 Å². The number of carbonyl (C=O) groups excluding carboxylic acids is 2. The maximum atomic E-state index is 11.5. The standard InChI is InChI=1S/C11H8N2O2S2/c14-9-6-13(11(15)12-9)10-4-3-8(17-10)7-2-1-5-16-7/h1-5H,6H2,(H,12,14,15). The van der Waals surface area contributed by atoms with E-state index < -0.39 is 0 Å². The van der Waals surface area contributed by atoms with E-state index in [0.717, 1.165) is 9.88 Å². The molecule has 3 rings (SSSR count). The number of thiophene rings is 2. The second kappa shape index (κ2) is 3.97. The van der Waals surface area contributed by atoms with Crippen molar-refractivity contribution in [1.82, 2.24) is 5.32 Å². The second-order valence-electron chi connectivity index (χ2n) is 3.55. The van der Waals surface area contributed by atoms with Crippen molar-refractivity contribution >= 4 is 39.6 Å². The molecule has 1 N–H and O–H groups in total. The van der Waals surface area contributed by atoms with Crippen molar-refractivity contribution in [2.45, 2.75) is 0 Å². The molecule has 2 aromatic rings. The van der Waals surface area contributed by atoms with E-state index in [9.17, 15) is 9.59 Å². The zero-order valence-electron chi connectivity index (χ0n) is 8.67. The minimum Gasteiger partial charge on any atom is -0.276 e. The van der Waals surface area contributed by atoms with Crippen molar-refractivity contribution in [3.8, 4) is 9.75 Å². The lowest BCUT2D eigenvalue weighted by molar-refractivity contribution is -0.117. The van der Waals surface area contributed by atoms with Gasteiger partial charge in [-0.05, 0) is 23.6 Å². The first-order valence-electron chi connectivity index (χ1n) is 4.99. The quantitative estimate of drug-likeness (QED) is 0.847. The molecule has 1 aliphatic rings. The Kier molecular flexibility index (Phi) is 2.45. The first-order chi connectivity index (χ1) is 8.24. The van der Waals surface area contributed by atoms with Crippen molar-refractivity contribution in [3.63, 3.8) is 0 Å². The van der Waals surface area contributed by atoms with Gasteiger partial charge in [0.25, 0.3) is 0 Å². The Bertz CT molecular complexity index is 574. The van der Waals surface area contributed by atoms with Crippen LogP contribution in [0.15, 0.2) is 29.6 Å². The summed E-state index contributed by atoms with van der Waals surface area (Å²) >= 11 is 3.17. The van der Waals surface area contributed by atoms with Gasteiger partial charge in [0, 0.05) is 9.75 Å². The first kappa shape index (κ1) is 10.5. The number of amides is 3. The number of anilines is 1. The van der Waals surface area contributed by atoms with E-state index in [1.165, 1.54) is 21.1 Å². The summed E-state index contributed by atoms with van der Waals surface area (Å²) in [5.74, 6) is -0.249. The number of urea groups is 1. The molecule has 1 aliphatic heterocycles. The van der Waals surface area contributed by atoms with Crippen molar-refractivity contribution in [2.75, 3.05) is 11.4 Å². The maximum absolute atomic E-state index is 11.5. The van der Waals surface area contributed by atoms with Gasteiger partial charge in [0.05, 0.1) is 0 Å². The van der Waals surface area contributed by atoms with E-state index in [0.29, 0.717) is 0 Å². The highest BCUT2D eigenvalue weighted by molar-refractivity contribution is 7.23. The Balaban J connectivity index is 1.91. The molecule has 3 amide bonds. The molecular formula is C11H8N2O2S2. The molecule has 0 aliphatic carbocycles. The fourth-order valence-electron chi connectivity index (χ4n) is 1.64. The lowest BCUT2D eigenvalue weighted by atomic mass is 10.4. The van der Waals surface area contributed by atoms with Crippen LogP contribution >= 0.6 is 22.7 Å². The maximum Gasteiger partial charge on any atom is 0.329 e. The molecule has 1 saturated heterocycles. The van der Waals surface area contributed by atoms with Crippen LogP contribution in [0.1, 0.15) is 0 Å². The summed E-state index contributed by atoms with van der Waals surface area (Å²) in [5.41, 5.74) is 0. The van der Waals surface area contributed by atoms with Gasteiger partial charge in [0.1, 0.15) is 11.5 Å². The third-order valence-corrected chi connectivity index (χ3v) is 4.59. The molecule has 0 spiro atoms. The molecule has 86 valence electrons. The summed E-state index contributed by atoms with van der Waals surface area (Å²) in [4.78, 5) is 26.3. The lowest BCUT2D eigenvalue weighted by Gasteiger charge is -2.08. The number of imide groups is 1. The van der Waals surface area contributed by atoms with Gasteiger partial charge in [-0.15, -0.1) is 22.7 Å². The Morgan fingerprint density at radius 1 is 1.18 bits per heavy atom. The normalized spacial score (nSPS) is 15.4. The Morgan fingerprint density at radius 3 is 2.71 bits per heavy atom. The molecule has 4 nitrogen and oxygen atoms in total. The predicted molar refractivity (Wildman–Crippen MR) is 68.5 cm³/mol. The third kappa shape index (κ3) is 1.85. The predicted octanol–water partition coefficient (Wildman–Crippen LogP) is 2.53. The van der Waals surface area contributed by atoms with Gasteiger partial charge in [0.15, 0.2) is 0 Å². The van der Waals surface area contributed by atoms with Crippen LogP contribution in [0.25, 0.3) is 9.75 Å². The molecule has 0 unspecified atom stereocenters. The molecule has 0 bridgehead atoms.